The molecular weight excluding hydrogens is 308 g/mol. The standard InChI is InChI=1S/C18H36N2O4/c1-14(2)24-13-18(22)11-19-8-6-16(10-19)20-7-4-5-15(20)9-17(21)12-23-3/h14-18,21-22H,4-13H2,1-3H3. The molecule has 4 atom stereocenters. The summed E-state index contributed by atoms with van der Waals surface area (Å²) in [5.41, 5.74) is 0. The largest absolute Gasteiger partial charge is 0.391 e. The van der Waals surface area contributed by atoms with Crippen molar-refractivity contribution in [3.63, 3.8) is 0 Å². The maximum absolute atomic E-state index is 10.1. The summed E-state index contributed by atoms with van der Waals surface area (Å²) in [7, 11) is 1.64. The lowest BCUT2D eigenvalue weighted by molar-refractivity contribution is -0.00692. The molecule has 24 heavy (non-hydrogen) atoms. The van der Waals surface area contributed by atoms with Gasteiger partial charge in [-0.25, -0.2) is 0 Å². The lowest BCUT2D eigenvalue weighted by atomic mass is 10.1. The monoisotopic (exact) mass is 344 g/mol. The van der Waals surface area contributed by atoms with Crippen LogP contribution in [0.1, 0.15) is 39.5 Å². The van der Waals surface area contributed by atoms with E-state index in [1.54, 1.807) is 7.11 Å². The molecular formula is C18H36N2O4. The molecule has 6 heteroatoms. The maximum Gasteiger partial charge on any atom is 0.0900 e. The van der Waals surface area contributed by atoms with Gasteiger partial charge in [-0.15, -0.1) is 0 Å². The van der Waals surface area contributed by atoms with Crippen LogP contribution in [0.2, 0.25) is 0 Å². The molecule has 2 fully saturated rings. The number of aliphatic hydroxyl groups excluding tert-OH is 2. The predicted molar refractivity (Wildman–Crippen MR) is 94.2 cm³/mol. The average Bonchev–Trinajstić information content (AvgIpc) is 3.14. The van der Waals surface area contributed by atoms with Gasteiger partial charge in [0, 0.05) is 32.3 Å². The van der Waals surface area contributed by atoms with Gasteiger partial charge in [0.15, 0.2) is 0 Å². The SMILES string of the molecule is COCC(O)CC1CCCN1C1CCN(CC(O)COC(C)C)C1. The number of rotatable bonds is 10. The second-order valence-electron chi connectivity index (χ2n) is 7.62. The molecule has 0 saturated carbocycles. The van der Waals surface area contributed by atoms with Crippen molar-refractivity contribution >= 4 is 0 Å². The molecule has 0 aromatic carbocycles. The van der Waals surface area contributed by atoms with Crippen molar-refractivity contribution in [1.29, 1.82) is 0 Å². The average molecular weight is 344 g/mol. The van der Waals surface area contributed by atoms with Crippen molar-refractivity contribution in [2.75, 3.05) is 46.5 Å². The van der Waals surface area contributed by atoms with Crippen LogP contribution in [0.3, 0.4) is 0 Å². The molecule has 0 aromatic rings. The Morgan fingerprint density at radius 3 is 2.58 bits per heavy atom. The quantitative estimate of drug-likeness (QED) is 0.608. The summed E-state index contributed by atoms with van der Waals surface area (Å²) in [4.78, 5) is 4.93. The normalized spacial score (nSPS) is 28.8. The van der Waals surface area contributed by atoms with E-state index in [4.69, 9.17) is 9.47 Å². The molecule has 0 radical (unpaired) electrons. The summed E-state index contributed by atoms with van der Waals surface area (Å²) in [6.45, 7) is 8.67. The topological polar surface area (TPSA) is 65.4 Å². The fourth-order valence-corrected chi connectivity index (χ4v) is 4.07. The van der Waals surface area contributed by atoms with Crippen LogP contribution in [0.15, 0.2) is 0 Å². The lowest BCUT2D eigenvalue weighted by Gasteiger charge is -2.32. The van der Waals surface area contributed by atoms with Crippen molar-refractivity contribution in [3.05, 3.63) is 0 Å². The number of methoxy groups -OCH3 is 1. The first kappa shape index (κ1) is 20.1. The second-order valence-corrected chi connectivity index (χ2v) is 7.62. The molecule has 0 spiro atoms. The molecule has 2 saturated heterocycles. The van der Waals surface area contributed by atoms with Crippen LogP contribution in [0, 0.1) is 0 Å². The number of likely N-dealkylation sites (tertiary alicyclic amines) is 2. The molecule has 0 aromatic heterocycles. The van der Waals surface area contributed by atoms with Gasteiger partial charge in [-0.3, -0.25) is 9.80 Å². The fraction of sp³-hybridized carbons (Fsp3) is 1.00. The number of β-amino-alcohol motifs (C(OH)–C–C–N with tert-alkyl or cyclic N) is 1. The number of nitrogens with zero attached hydrogens (tertiary/aromatic N) is 2. The Labute approximate surface area is 146 Å². The third kappa shape index (κ3) is 6.24. The van der Waals surface area contributed by atoms with Crippen molar-refractivity contribution < 1.29 is 19.7 Å². The Balaban J connectivity index is 1.75. The second kappa shape index (κ2) is 10.0. The van der Waals surface area contributed by atoms with Crippen LogP contribution in [0.5, 0.6) is 0 Å². The van der Waals surface area contributed by atoms with E-state index in [2.05, 4.69) is 9.80 Å². The van der Waals surface area contributed by atoms with Crippen LogP contribution >= 0.6 is 0 Å². The molecule has 2 aliphatic rings. The third-order valence-electron chi connectivity index (χ3n) is 5.13. The van der Waals surface area contributed by atoms with E-state index in [1.165, 1.54) is 12.8 Å². The zero-order valence-electron chi connectivity index (χ0n) is 15.6. The molecule has 2 heterocycles. The first-order valence-corrected chi connectivity index (χ1v) is 9.44. The summed E-state index contributed by atoms with van der Waals surface area (Å²) < 4.78 is 10.6. The summed E-state index contributed by atoms with van der Waals surface area (Å²) >= 11 is 0. The number of hydrogen-bond acceptors (Lipinski definition) is 6. The lowest BCUT2D eigenvalue weighted by Crippen LogP contribution is -2.43. The van der Waals surface area contributed by atoms with E-state index in [-0.39, 0.29) is 12.2 Å². The highest BCUT2D eigenvalue weighted by atomic mass is 16.5. The highest BCUT2D eigenvalue weighted by molar-refractivity contribution is 4.91. The molecule has 0 aliphatic carbocycles. The third-order valence-corrected chi connectivity index (χ3v) is 5.13. The van der Waals surface area contributed by atoms with Gasteiger partial charge in [0.1, 0.15) is 0 Å². The van der Waals surface area contributed by atoms with E-state index in [1.807, 2.05) is 13.8 Å². The molecule has 142 valence electrons. The van der Waals surface area contributed by atoms with Crippen molar-refractivity contribution in [3.8, 4) is 0 Å². The Morgan fingerprint density at radius 1 is 1.08 bits per heavy atom. The Bertz CT molecular complexity index is 356. The van der Waals surface area contributed by atoms with Crippen molar-refractivity contribution in [2.45, 2.75) is 69.9 Å². The highest BCUT2D eigenvalue weighted by Gasteiger charge is 2.35. The first-order chi connectivity index (χ1) is 11.5. The summed E-state index contributed by atoms with van der Waals surface area (Å²) in [6.07, 6.45) is 3.71. The molecule has 2 N–H and O–H groups in total. The van der Waals surface area contributed by atoms with Crippen LogP contribution in [0.25, 0.3) is 0 Å². The van der Waals surface area contributed by atoms with Gasteiger partial charge in [-0.1, -0.05) is 0 Å². The van der Waals surface area contributed by atoms with E-state index >= 15 is 0 Å². The number of ether oxygens (including phenoxy) is 2. The van der Waals surface area contributed by atoms with Gasteiger partial charge in [-0.2, -0.15) is 0 Å². The summed E-state index contributed by atoms with van der Waals surface area (Å²) in [6, 6.07) is 1.01. The summed E-state index contributed by atoms with van der Waals surface area (Å²) in [5, 5.41) is 20.1. The van der Waals surface area contributed by atoms with E-state index in [0.717, 1.165) is 32.5 Å². The van der Waals surface area contributed by atoms with Crippen LogP contribution in [-0.4, -0.2) is 96.9 Å². The zero-order valence-corrected chi connectivity index (χ0v) is 15.6. The molecule has 0 amide bonds. The number of aliphatic hydroxyl groups is 2. The van der Waals surface area contributed by atoms with E-state index < -0.39 is 6.10 Å². The van der Waals surface area contributed by atoms with Gasteiger partial charge in [0.2, 0.25) is 0 Å². The predicted octanol–water partition coefficient (Wildman–Crippen LogP) is 0.708. The van der Waals surface area contributed by atoms with Crippen LogP contribution in [-0.2, 0) is 9.47 Å². The van der Waals surface area contributed by atoms with Crippen LogP contribution in [0.4, 0.5) is 0 Å². The molecule has 6 nitrogen and oxygen atoms in total. The zero-order chi connectivity index (χ0) is 17.5. The van der Waals surface area contributed by atoms with E-state index in [9.17, 15) is 10.2 Å². The minimum Gasteiger partial charge on any atom is -0.391 e. The van der Waals surface area contributed by atoms with Gasteiger partial charge >= 0.3 is 0 Å². The minimum absolute atomic E-state index is 0.162. The Kier molecular flexibility index (Phi) is 8.40. The van der Waals surface area contributed by atoms with Crippen LogP contribution < -0.4 is 0 Å². The first-order valence-electron chi connectivity index (χ1n) is 9.44. The Morgan fingerprint density at radius 2 is 1.88 bits per heavy atom. The minimum atomic E-state index is -0.413. The van der Waals surface area contributed by atoms with Crippen molar-refractivity contribution in [2.24, 2.45) is 0 Å². The highest BCUT2D eigenvalue weighted by Crippen LogP contribution is 2.28. The maximum atomic E-state index is 10.1. The molecule has 4 unspecified atom stereocenters. The van der Waals surface area contributed by atoms with Gasteiger partial charge in [0.05, 0.1) is 31.5 Å². The van der Waals surface area contributed by atoms with Crippen molar-refractivity contribution in [1.82, 2.24) is 9.80 Å². The number of hydrogen-bond donors (Lipinski definition) is 2. The van der Waals surface area contributed by atoms with Gasteiger partial charge < -0.3 is 19.7 Å². The molecule has 0 bridgehead atoms. The van der Waals surface area contributed by atoms with Gasteiger partial charge in [-0.05, 0) is 52.6 Å². The summed E-state index contributed by atoms with van der Waals surface area (Å²) in [5.74, 6) is 0. The van der Waals surface area contributed by atoms with E-state index in [0.29, 0.717) is 31.8 Å². The Hall–Kier alpha value is -0.240. The van der Waals surface area contributed by atoms with Gasteiger partial charge in [0.25, 0.3) is 0 Å². The molecule has 2 rings (SSSR count). The smallest absolute Gasteiger partial charge is 0.0900 e. The molecule has 2 aliphatic heterocycles. The fourth-order valence-electron chi connectivity index (χ4n) is 4.07.